The van der Waals surface area contributed by atoms with Crippen LogP contribution < -0.4 is 5.73 Å². The molecular formula is C13H11ClN2O2S. The van der Waals surface area contributed by atoms with Crippen molar-refractivity contribution in [3.63, 3.8) is 0 Å². The fourth-order valence-corrected chi connectivity index (χ4v) is 2.77. The zero-order chi connectivity index (χ0) is 13.7. The van der Waals surface area contributed by atoms with Crippen molar-refractivity contribution in [2.75, 3.05) is 0 Å². The third-order valence-electron chi connectivity index (χ3n) is 3.62. The largest absolute Gasteiger partial charge is 0.389 e. The molecule has 1 saturated carbocycles. The summed E-state index contributed by atoms with van der Waals surface area (Å²) in [5, 5.41) is 0.464. The Morgan fingerprint density at radius 2 is 2.00 bits per heavy atom. The van der Waals surface area contributed by atoms with Gasteiger partial charge in [-0.3, -0.25) is 14.5 Å². The molecule has 2 amide bonds. The summed E-state index contributed by atoms with van der Waals surface area (Å²) in [6.45, 7) is 0.223. The van der Waals surface area contributed by atoms with Crippen molar-refractivity contribution in [3.8, 4) is 0 Å². The summed E-state index contributed by atoms with van der Waals surface area (Å²) in [5.41, 5.74) is 6.92. The van der Waals surface area contributed by atoms with Crippen LogP contribution in [0.15, 0.2) is 18.2 Å². The summed E-state index contributed by atoms with van der Waals surface area (Å²) in [7, 11) is 0. The number of hydrogen-bond donors (Lipinski definition) is 1. The third-order valence-corrected chi connectivity index (χ3v) is 4.21. The lowest BCUT2D eigenvalue weighted by Gasteiger charge is -2.17. The van der Waals surface area contributed by atoms with Crippen molar-refractivity contribution in [1.82, 2.24) is 4.90 Å². The van der Waals surface area contributed by atoms with Crippen molar-refractivity contribution in [1.29, 1.82) is 0 Å². The number of carbonyl (C=O) groups is 2. The second-order valence-corrected chi connectivity index (χ2v) is 5.73. The highest BCUT2D eigenvalue weighted by atomic mass is 35.5. The first-order valence-electron chi connectivity index (χ1n) is 5.92. The minimum Gasteiger partial charge on any atom is -0.389 e. The van der Waals surface area contributed by atoms with Gasteiger partial charge >= 0.3 is 0 Å². The van der Waals surface area contributed by atoms with Crippen LogP contribution in [0.25, 0.3) is 0 Å². The Bertz CT molecular complexity index is 597. The molecule has 1 aromatic rings. The van der Waals surface area contributed by atoms with Crippen LogP contribution >= 0.6 is 23.8 Å². The highest BCUT2D eigenvalue weighted by molar-refractivity contribution is 7.80. The zero-order valence-electron chi connectivity index (χ0n) is 9.93. The second-order valence-electron chi connectivity index (χ2n) is 4.88. The van der Waals surface area contributed by atoms with Gasteiger partial charge in [0.25, 0.3) is 0 Å². The summed E-state index contributed by atoms with van der Waals surface area (Å²) >= 11 is 11.0. The Morgan fingerprint density at radius 3 is 2.53 bits per heavy atom. The summed E-state index contributed by atoms with van der Waals surface area (Å²) in [5.74, 6) is -0.321. The standard InChI is InChI=1S/C13H11ClN2O2S/c14-10-3-6(11(15)19)1-2-7(10)5-16-12(17)8-4-9(8)13(16)18/h1-3,8-9H,4-5H2,(H2,15,19). The first-order chi connectivity index (χ1) is 8.99. The Labute approximate surface area is 120 Å². The van der Waals surface area contributed by atoms with Crippen molar-refractivity contribution in [3.05, 3.63) is 34.3 Å². The van der Waals surface area contributed by atoms with E-state index in [1.807, 2.05) is 0 Å². The maximum Gasteiger partial charge on any atom is 0.233 e. The van der Waals surface area contributed by atoms with Crippen molar-refractivity contribution < 1.29 is 9.59 Å². The van der Waals surface area contributed by atoms with Gasteiger partial charge < -0.3 is 5.73 Å². The van der Waals surface area contributed by atoms with Gasteiger partial charge in [-0.2, -0.15) is 0 Å². The molecule has 1 heterocycles. The number of thiocarbonyl (C=S) groups is 1. The molecule has 0 aromatic heterocycles. The van der Waals surface area contributed by atoms with Gasteiger partial charge in [0.05, 0.1) is 18.4 Å². The summed E-state index contributed by atoms with van der Waals surface area (Å²) < 4.78 is 0. The Morgan fingerprint density at radius 1 is 1.37 bits per heavy atom. The molecule has 1 aromatic carbocycles. The molecule has 2 unspecified atom stereocenters. The quantitative estimate of drug-likeness (QED) is 0.677. The molecule has 2 fully saturated rings. The smallest absolute Gasteiger partial charge is 0.233 e. The number of fused-ring (bicyclic) bond motifs is 1. The number of hydrogen-bond acceptors (Lipinski definition) is 3. The fraction of sp³-hybridized carbons (Fsp3) is 0.308. The lowest BCUT2D eigenvalue weighted by Crippen LogP contribution is -2.32. The first-order valence-corrected chi connectivity index (χ1v) is 6.71. The Balaban J connectivity index is 1.82. The Kier molecular flexibility index (Phi) is 2.83. The van der Waals surface area contributed by atoms with Crippen LogP contribution in [0.2, 0.25) is 5.02 Å². The van der Waals surface area contributed by atoms with Gasteiger partial charge in [-0.05, 0) is 18.1 Å². The number of piperidine rings is 1. The van der Waals surface area contributed by atoms with E-state index in [1.54, 1.807) is 18.2 Å². The molecule has 1 aliphatic carbocycles. The van der Waals surface area contributed by atoms with Crippen LogP contribution in [-0.4, -0.2) is 21.7 Å². The van der Waals surface area contributed by atoms with E-state index in [1.165, 1.54) is 4.90 Å². The maximum atomic E-state index is 11.9. The lowest BCUT2D eigenvalue weighted by molar-refractivity contribution is -0.142. The number of carbonyl (C=O) groups excluding carboxylic acids is 2. The number of nitrogens with zero attached hydrogens (tertiary/aromatic N) is 1. The van der Waals surface area contributed by atoms with Crippen LogP contribution in [-0.2, 0) is 16.1 Å². The van der Waals surface area contributed by atoms with Crippen molar-refractivity contribution in [2.45, 2.75) is 13.0 Å². The average molecular weight is 295 g/mol. The normalized spacial score (nSPS) is 24.6. The van der Waals surface area contributed by atoms with Crippen LogP contribution in [0.5, 0.6) is 0 Å². The number of imide groups is 1. The van der Waals surface area contributed by atoms with Gasteiger partial charge in [0.1, 0.15) is 4.99 Å². The third kappa shape index (κ3) is 2.03. The van der Waals surface area contributed by atoms with E-state index in [2.05, 4.69) is 0 Å². The van der Waals surface area contributed by atoms with E-state index in [-0.39, 0.29) is 35.2 Å². The molecule has 2 aliphatic rings. The molecule has 2 atom stereocenters. The predicted octanol–water partition coefficient (Wildman–Crippen LogP) is 1.48. The molecular weight excluding hydrogens is 284 g/mol. The van der Waals surface area contributed by atoms with Crippen LogP contribution in [0.1, 0.15) is 17.5 Å². The molecule has 6 heteroatoms. The minimum atomic E-state index is -0.0813. The van der Waals surface area contributed by atoms with Crippen LogP contribution in [0.4, 0.5) is 0 Å². The number of nitrogens with two attached hydrogens (primary N) is 1. The molecule has 4 nitrogen and oxygen atoms in total. The fourth-order valence-electron chi connectivity index (χ4n) is 2.40. The average Bonchev–Trinajstić information content (AvgIpc) is 3.11. The predicted molar refractivity (Wildman–Crippen MR) is 74.5 cm³/mol. The van der Waals surface area contributed by atoms with Gasteiger partial charge in [0.2, 0.25) is 11.8 Å². The van der Waals surface area contributed by atoms with E-state index in [9.17, 15) is 9.59 Å². The number of amides is 2. The molecule has 3 rings (SSSR count). The van der Waals surface area contributed by atoms with Gasteiger partial charge in [-0.25, -0.2) is 0 Å². The molecule has 1 saturated heterocycles. The number of halogens is 1. The van der Waals surface area contributed by atoms with Crippen LogP contribution in [0, 0.1) is 11.8 Å². The monoisotopic (exact) mass is 294 g/mol. The molecule has 1 aliphatic heterocycles. The number of rotatable bonds is 3. The van der Waals surface area contributed by atoms with E-state index >= 15 is 0 Å². The van der Waals surface area contributed by atoms with E-state index in [0.29, 0.717) is 17.0 Å². The van der Waals surface area contributed by atoms with Gasteiger partial charge in [-0.15, -0.1) is 0 Å². The molecule has 0 bridgehead atoms. The van der Waals surface area contributed by atoms with Crippen LogP contribution in [0.3, 0.4) is 0 Å². The van der Waals surface area contributed by atoms with E-state index in [4.69, 9.17) is 29.6 Å². The topological polar surface area (TPSA) is 63.4 Å². The summed E-state index contributed by atoms with van der Waals surface area (Å²) in [6.07, 6.45) is 0.711. The molecule has 0 radical (unpaired) electrons. The number of likely N-dealkylation sites (tertiary alicyclic amines) is 1. The highest BCUT2D eigenvalue weighted by Crippen LogP contribution is 2.47. The number of benzene rings is 1. The first kappa shape index (κ1) is 12.6. The van der Waals surface area contributed by atoms with E-state index in [0.717, 1.165) is 5.56 Å². The molecule has 98 valence electrons. The molecule has 0 spiro atoms. The molecule has 2 N–H and O–H groups in total. The summed E-state index contributed by atoms with van der Waals surface area (Å²) in [6, 6.07) is 5.15. The van der Waals surface area contributed by atoms with Gasteiger partial charge in [-0.1, -0.05) is 36.0 Å². The van der Waals surface area contributed by atoms with Gasteiger partial charge in [0, 0.05) is 10.6 Å². The Hall–Kier alpha value is -1.46. The van der Waals surface area contributed by atoms with Gasteiger partial charge in [0.15, 0.2) is 0 Å². The van der Waals surface area contributed by atoms with Crippen molar-refractivity contribution >= 4 is 40.6 Å². The minimum absolute atomic E-state index is 0.0792. The highest BCUT2D eigenvalue weighted by Gasteiger charge is 2.58. The SMILES string of the molecule is NC(=S)c1ccc(CN2C(=O)C3CC3C2=O)c(Cl)c1. The summed E-state index contributed by atoms with van der Waals surface area (Å²) in [4.78, 5) is 25.3. The second kappa shape index (κ2) is 4.28. The zero-order valence-corrected chi connectivity index (χ0v) is 11.5. The maximum absolute atomic E-state index is 11.9. The van der Waals surface area contributed by atoms with Crippen molar-refractivity contribution in [2.24, 2.45) is 17.6 Å². The molecule has 19 heavy (non-hydrogen) atoms. The van der Waals surface area contributed by atoms with E-state index < -0.39 is 0 Å². The lowest BCUT2D eigenvalue weighted by atomic mass is 10.1.